The van der Waals surface area contributed by atoms with Gasteiger partial charge in [-0.15, -0.1) is 0 Å². The molecule has 0 amide bonds. The second-order valence-corrected chi connectivity index (χ2v) is 5.92. The minimum atomic E-state index is -0.412. The molecule has 0 saturated carbocycles. The SMILES string of the molecule is CCCCCCCCC(CN)(c1ccccc1)C(C)O. The largest absolute Gasteiger partial charge is 0.392 e. The van der Waals surface area contributed by atoms with E-state index in [1.807, 2.05) is 25.1 Å². The molecule has 2 atom stereocenters. The average molecular weight is 277 g/mol. The molecule has 0 fully saturated rings. The highest BCUT2D eigenvalue weighted by atomic mass is 16.3. The number of benzene rings is 1. The van der Waals surface area contributed by atoms with E-state index >= 15 is 0 Å². The van der Waals surface area contributed by atoms with Gasteiger partial charge in [0, 0.05) is 12.0 Å². The molecule has 20 heavy (non-hydrogen) atoms. The highest BCUT2D eigenvalue weighted by molar-refractivity contribution is 5.27. The van der Waals surface area contributed by atoms with Gasteiger partial charge in [0.2, 0.25) is 0 Å². The van der Waals surface area contributed by atoms with E-state index in [0.29, 0.717) is 6.54 Å². The maximum Gasteiger partial charge on any atom is 0.0620 e. The van der Waals surface area contributed by atoms with Gasteiger partial charge in [-0.2, -0.15) is 0 Å². The van der Waals surface area contributed by atoms with Crippen LogP contribution in [0, 0.1) is 0 Å². The summed E-state index contributed by atoms with van der Waals surface area (Å²) in [4.78, 5) is 0. The molecule has 2 nitrogen and oxygen atoms in total. The lowest BCUT2D eigenvalue weighted by Crippen LogP contribution is -2.44. The molecular formula is C18H31NO. The molecular weight excluding hydrogens is 246 g/mol. The molecule has 0 heterocycles. The van der Waals surface area contributed by atoms with Gasteiger partial charge in [0.1, 0.15) is 0 Å². The highest BCUT2D eigenvalue weighted by Gasteiger charge is 2.35. The Kier molecular flexibility index (Phi) is 7.86. The second-order valence-electron chi connectivity index (χ2n) is 5.92. The lowest BCUT2D eigenvalue weighted by atomic mass is 9.72. The smallest absolute Gasteiger partial charge is 0.0620 e. The van der Waals surface area contributed by atoms with Crippen LogP contribution in [0.4, 0.5) is 0 Å². The summed E-state index contributed by atoms with van der Waals surface area (Å²) in [6, 6.07) is 10.3. The van der Waals surface area contributed by atoms with Crippen LogP contribution in [0.5, 0.6) is 0 Å². The van der Waals surface area contributed by atoms with Gasteiger partial charge in [-0.3, -0.25) is 0 Å². The van der Waals surface area contributed by atoms with Gasteiger partial charge in [0.15, 0.2) is 0 Å². The average Bonchev–Trinajstić information content (AvgIpc) is 2.47. The molecule has 0 aliphatic carbocycles. The van der Waals surface area contributed by atoms with Crippen molar-refractivity contribution < 1.29 is 5.11 Å². The van der Waals surface area contributed by atoms with Gasteiger partial charge in [0.05, 0.1) is 6.10 Å². The van der Waals surface area contributed by atoms with Crippen LogP contribution in [0.3, 0.4) is 0 Å². The van der Waals surface area contributed by atoms with Gasteiger partial charge in [-0.05, 0) is 18.9 Å². The monoisotopic (exact) mass is 277 g/mol. The summed E-state index contributed by atoms with van der Waals surface area (Å²) in [6.07, 6.45) is 8.17. The van der Waals surface area contributed by atoms with Gasteiger partial charge < -0.3 is 10.8 Å². The second kappa shape index (κ2) is 9.15. The molecule has 0 saturated heterocycles. The zero-order valence-corrected chi connectivity index (χ0v) is 13.1. The van der Waals surface area contributed by atoms with Crippen molar-refractivity contribution in [1.29, 1.82) is 0 Å². The lowest BCUT2D eigenvalue weighted by molar-refractivity contribution is 0.0922. The molecule has 0 aliphatic heterocycles. The summed E-state index contributed by atoms with van der Waals surface area (Å²) < 4.78 is 0. The molecule has 2 unspecified atom stereocenters. The predicted molar refractivity (Wildman–Crippen MR) is 86.8 cm³/mol. The van der Waals surface area contributed by atoms with Crippen LogP contribution in [0.15, 0.2) is 30.3 Å². The first-order chi connectivity index (χ1) is 9.67. The van der Waals surface area contributed by atoms with Gasteiger partial charge in [-0.1, -0.05) is 75.8 Å². The number of hydrogen-bond donors (Lipinski definition) is 2. The van der Waals surface area contributed by atoms with Crippen molar-refractivity contribution in [2.45, 2.75) is 70.3 Å². The van der Waals surface area contributed by atoms with Crippen LogP contribution >= 0.6 is 0 Å². The fraction of sp³-hybridized carbons (Fsp3) is 0.667. The van der Waals surface area contributed by atoms with Crippen LogP contribution in [-0.2, 0) is 5.41 Å². The lowest BCUT2D eigenvalue weighted by Gasteiger charge is -2.36. The van der Waals surface area contributed by atoms with Crippen molar-refractivity contribution in [3.8, 4) is 0 Å². The standard InChI is InChI=1S/C18H31NO/c1-3-4-5-6-7-11-14-18(15-19,16(2)20)17-12-9-8-10-13-17/h8-10,12-13,16,20H,3-7,11,14-15,19H2,1-2H3. The minimum absolute atomic E-state index is 0.286. The number of aliphatic hydroxyl groups excluding tert-OH is 1. The number of unbranched alkanes of at least 4 members (excludes halogenated alkanes) is 5. The molecule has 0 aromatic heterocycles. The molecule has 0 spiro atoms. The summed E-state index contributed by atoms with van der Waals surface area (Å²) in [5.74, 6) is 0. The fourth-order valence-electron chi connectivity index (χ4n) is 2.98. The summed E-state index contributed by atoms with van der Waals surface area (Å²) in [5, 5.41) is 10.3. The van der Waals surface area contributed by atoms with Gasteiger partial charge in [0.25, 0.3) is 0 Å². The predicted octanol–water partition coefficient (Wildman–Crippen LogP) is 4.01. The van der Waals surface area contributed by atoms with E-state index in [2.05, 4.69) is 19.1 Å². The molecule has 114 valence electrons. The molecule has 1 aromatic rings. The third kappa shape index (κ3) is 4.60. The van der Waals surface area contributed by atoms with Crippen LogP contribution in [-0.4, -0.2) is 17.8 Å². The van der Waals surface area contributed by atoms with E-state index in [1.165, 1.54) is 37.7 Å². The number of rotatable bonds is 10. The number of hydrogen-bond acceptors (Lipinski definition) is 2. The Morgan fingerprint density at radius 3 is 2.20 bits per heavy atom. The van der Waals surface area contributed by atoms with E-state index < -0.39 is 6.10 Å². The quantitative estimate of drug-likeness (QED) is 0.635. The fourth-order valence-corrected chi connectivity index (χ4v) is 2.98. The maximum atomic E-state index is 10.3. The van der Waals surface area contributed by atoms with Crippen molar-refractivity contribution in [2.75, 3.05) is 6.54 Å². The summed E-state index contributed by atoms with van der Waals surface area (Å²) >= 11 is 0. The summed E-state index contributed by atoms with van der Waals surface area (Å²) in [6.45, 7) is 4.61. The van der Waals surface area contributed by atoms with Crippen molar-refractivity contribution in [2.24, 2.45) is 5.73 Å². The van der Waals surface area contributed by atoms with Gasteiger partial charge in [-0.25, -0.2) is 0 Å². The molecule has 3 N–H and O–H groups in total. The Labute approximate surface area is 124 Å². The molecule has 1 aromatic carbocycles. The van der Waals surface area contributed by atoms with E-state index in [0.717, 1.165) is 12.8 Å². The number of nitrogens with two attached hydrogens (primary N) is 1. The van der Waals surface area contributed by atoms with Gasteiger partial charge >= 0.3 is 0 Å². The van der Waals surface area contributed by atoms with Crippen molar-refractivity contribution in [3.63, 3.8) is 0 Å². The Bertz CT molecular complexity index is 350. The van der Waals surface area contributed by atoms with Crippen molar-refractivity contribution >= 4 is 0 Å². The van der Waals surface area contributed by atoms with E-state index in [9.17, 15) is 5.11 Å². The third-order valence-electron chi connectivity index (χ3n) is 4.49. The molecule has 0 bridgehead atoms. The van der Waals surface area contributed by atoms with E-state index in [1.54, 1.807) is 0 Å². The maximum absolute atomic E-state index is 10.3. The summed E-state index contributed by atoms with van der Waals surface area (Å²) in [7, 11) is 0. The highest BCUT2D eigenvalue weighted by Crippen LogP contribution is 2.33. The third-order valence-corrected chi connectivity index (χ3v) is 4.49. The first kappa shape index (κ1) is 17.2. The Hall–Kier alpha value is -0.860. The Morgan fingerprint density at radius 2 is 1.65 bits per heavy atom. The van der Waals surface area contributed by atoms with E-state index in [-0.39, 0.29) is 5.41 Å². The Morgan fingerprint density at radius 1 is 1.05 bits per heavy atom. The molecule has 1 rings (SSSR count). The first-order valence-corrected chi connectivity index (χ1v) is 8.11. The summed E-state index contributed by atoms with van der Waals surface area (Å²) in [5.41, 5.74) is 6.93. The van der Waals surface area contributed by atoms with Crippen LogP contribution in [0.1, 0.15) is 64.4 Å². The topological polar surface area (TPSA) is 46.2 Å². The zero-order chi connectivity index (χ0) is 14.8. The molecule has 2 heteroatoms. The van der Waals surface area contributed by atoms with Crippen LogP contribution in [0.25, 0.3) is 0 Å². The molecule has 0 radical (unpaired) electrons. The van der Waals surface area contributed by atoms with Crippen molar-refractivity contribution in [1.82, 2.24) is 0 Å². The first-order valence-electron chi connectivity index (χ1n) is 8.11. The number of aliphatic hydroxyl groups is 1. The Balaban J connectivity index is 2.61. The molecule has 0 aliphatic rings. The minimum Gasteiger partial charge on any atom is -0.392 e. The zero-order valence-electron chi connectivity index (χ0n) is 13.1. The van der Waals surface area contributed by atoms with E-state index in [4.69, 9.17) is 5.73 Å². The van der Waals surface area contributed by atoms with Crippen LogP contribution < -0.4 is 5.73 Å². The van der Waals surface area contributed by atoms with Crippen molar-refractivity contribution in [3.05, 3.63) is 35.9 Å². The van der Waals surface area contributed by atoms with Crippen LogP contribution in [0.2, 0.25) is 0 Å². The normalized spacial score (nSPS) is 15.8.